The van der Waals surface area contributed by atoms with Crippen LogP contribution in [0.15, 0.2) is 24.4 Å². The van der Waals surface area contributed by atoms with E-state index in [9.17, 15) is 0 Å². The average molecular weight is 247 g/mol. The highest BCUT2D eigenvalue weighted by atomic mass is 15.0. The van der Waals surface area contributed by atoms with E-state index in [1.54, 1.807) is 0 Å². The van der Waals surface area contributed by atoms with Gasteiger partial charge in [0.2, 0.25) is 0 Å². The Morgan fingerprint density at radius 2 is 1.72 bits per heavy atom. The largest absolute Gasteiger partial charge is 0.367 e. The summed E-state index contributed by atoms with van der Waals surface area (Å²) < 4.78 is 0. The number of hydrogen-bond donors (Lipinski definition) is 2. The summed E-state index contributed by atoms with van der Waals surface area (Å²) >= 11 is 0. The molecule has 0 radical (unpaired) electrons. The summed E-state index contributed by atoms with van der Waals surface area (Å²) in [6.45, 7) is 6.72. The van der Waals surface area contributed by atoms with E-state index >= 15 is 0 Å². The monoisotopic (exact) mass is 247 g/mol. The molecule has 100 valence electrons. The Bertz CT molecular complexity index is 348. The molecule has 1 fully saturated rings. The molecule has 2 N–H and O–H groups in total. The highest BCUT2D eigenvalue weighted by Gasteiger charge is 2.24. The Balaban J connectivity index is 1.77. The maximum absolute atomic E-state index is 4.32. The van der Waals surface area contributed by atoms with Gasteiger partial charge in [-0.3, -0.25) is 0 Å². The third kappa shape index (κ3) is 4.30. The van der Waals surface area contributed by atoms with Crippen molar-refractivity contribution in [3.63, 3.8) is 0 Å². The van der Waals surface area contributed by atoms with Gasteiger partial charge in [-0.25, -0.2) is 4.98 Å². The van der Waals surface area contributed by atoms with Crippen LogP contribution in [0.3, 0.4) is 0 Å². The first kappa shape index (κ1) is 13.3. The SMILES string of the molecule is CC(C)(C)N[C@H]1CC[C@@H](Nc2ccccn2)CC1. The van der Waals surface area contributed by atoms with Crippen LogP contribution in [-0.4, -0.2) is 22.6 Å². The zero-order chi connectivity index (χ0) is 13.0. The van der Waals surface area contributed by atoms with E-state index < -0.39 is 0 Å². The van der Waals surface area contributed by atoms with Gasteiger partial charge < -0.3 is 10.6 Å². The van der Waals surface area contributed by atoms with Crippen LogP contribution in [-0.2, 0) is 0 Å². The predicted molar refractivity (Wildman–Crippen MR) is 76.8 cm³/mol. The quantitative estimate of drug-likeness (QED) is 0.861. The van der Waals surface area contributed by atoms with Gasteiger partial charge in [-0.05, 0) is 58.6 Å². The second-order valence-corrected chi connectivity index (χ2v) is 6.30. The zero-order valence-electron chi connectivity index (χ0n) is 11.7. The van der Waals surface area contributed by atoms with Crippen LogP contribution in [0.4, 0.5) is 5.82 Å². The zero-order valence-corrected chi connectivity index (χ0v) is 11.7. The first-order valence-electron chi connectivity index (χ1n) is 6.98. The van der Waals surface area contributed by atoms with Crippen molar-refractivity contribution in [2.75, 3.05) is 5.32 Å². The van der Waals surface area contributed by atoms with Gasteiger partial charge in [-0.2, -0.15) is 0 Å². The number of anilines is 1. The van der Waals surface area contributed by atoms with Crippen LogP contribution in [0, 0.1) is 0 Å². The number of nitrogens with zero attached hydrogens (tertiary/aromatic N) is 1. The van der Waals surface area contributed by atoms with Gasteiger partial charge in [-0.1, -0.05) is 6.07 Å². The Morgan fingerprint density at radius 3 is 2.28 bits per heavy atom. The van der Waals surface area contributed by atoms with Crippen molar-refractivity contribution in [1.29, 1.82) is 0 Å². The van der Waals surface area contributed by atoms with Crippen molar-refractivity contribution < 1.29 is 0 Å². The molecule has 1 aromatic heterocycles. The fourth-order valence-electron chi connectivity index (χ4n) is 2.65. The number of nitrogens with one attached hydrogen (secondary N) is 2. The van der Waals surface area contributed by atoms with Gasteiger partial charge in [-0.15, -0.1) is 0 Å². The lowest BCUT2D eigenvalue weighted by Gasteiger charge is -2.34. The lowest BCUT2D eigenvalue weighted by Crippen LogP contribution is -2.46. The summed E-state index contributed by atoms with van der Waals surface area (Å²) in [7, 11) is 0. The first-order chi connectivity index (χ1) is 8.53. The molecule has 2 rings (SSSR count). The van der Waals surface area contributed by atoms with Crippen LogP contribution in [0.25, 0.3) is 0 Å². The molecule has 0 bridgehead atoms. The second kappa shape index (κ2) is 5.70. The molecule has 1 heterocycles. The lowest BCUT2D eigenvalue weighted by atomic mass is 9.89. The van der Waals surface area contributed by atoms with Gasteiger partial charge in [0.25, 0.3) is 0 Å². The Labute approximate surface area is 110 Å². The number of rotatable bonds is 3. The summed E-state index contributed by atoms with van der Waals surface area (Å²) in [6, 6.07) is 7.28. The Hall–Kier alpha value is -1.09. The molecular formula is C15H25N3. The van der Waals surface area contributed by atoms with E-state index in [2.05, 4.69) is 36.4 Å². The topological polar surface area (TPSA) is 37.0 Å². The minimum Gasteiger partial charge on any atom is -0.367 e. The minimum absolute atomic E-state index is 0.228. The van der Waals surface area contributed by atoms with Gasteiger partial charge in [0.15, 0.2) is 0 Å². The maximum atomic E-state index is 4.32. The fraction of sp³-hybridized carbons (Fsp3) is 0.667. The molecule has 0 aromatic carbocycles. The highest BCUT2D eigenvalue weighted by Crippen LogP contribution is 2.22. The first-order valence-corrected chi connectivity index (χ1v) is 6.98. The molecule has 0 amide bonds. The van der Waals surface area contributed by atoms with Crippen LogP contribution in [0.1, 0.15) is 46.5 Å². The summed E-state index contributed by atoms with van der Waals surface area (Å²) in [6.07, 6.45) is 6.80. The molecular weight excluding hydrogens is 222 g/mol. The van der Waals surface area contributed by atoms with Crippen LogP contribution < -0.4 is 10.6 Å². The molecule has 0 aliphatic heterocycles. The third-order valence-corrected chi connectivity index (χ3v) is 3.38. The van der Waals surface area contributed by atoms with Gasteiger partial charge in [0.1, 0.15) is 5.82 Å². The van der Waals surface area contributed by atoms with Crippen molar-refractivity contribution >= 4 is 5.82 Å². The van der Waals surface area contributed by atoms with E-state index in [1.165, 1.54) is 25.7 Å². The lowest BCUT2D eigenvalue weighted by molar-refractivity contribution is 0.286. The van der Waals surface area contributed by atoms with Crippen LogP contribution >= 0.6 is 0 Å². The molecule has 0 saturated heterocycles. The minimum atomic E-state index is 0.228. The number of aromatic nitrogens is 1. The maximum Gasteiger partial charge on any atom is 0.126 e. The van der Waals surface area contributed by atoms with Gasteiger partial charge in [0.05, 0.1) is 0 Å². The third-order valence-electron chi connectivity index (χ3n) is 3.38. The number of hydrogen-bond acceptors (Lipinski definition) is 3. The molecule has 0 unspecified atom stereocenters. The summed E-state index contributed by atoms with van der Waals surface area (Å²) in [5, 5.41) is 7.22. The predicted octanol–water partition coefficient (Wildman–Crippen LogP) is 3.19. The molecule has 0 atom stereocenters. The molecule has 0 spiro atoms. The summed E-state index contributed by atoms with van der Waals surface area (Å²) in [4.78, 5) is 4.32. The van der Waals surface area contributed by atoms with Crippen molar-refractivity contribution in [3.8, 4) is 0 Å². The molecule has 18 heavy (non-hydrogen) atoms. The molecule has 3 heteroatoms. The van der Waals surface area contributed by atoms with Crippen molar-refractivity contribution in [3.05, 3.63) is 24.4 Å². The van der Waals surface area contributed by atoms with Crippen molar-refractivity contribution in [1.82, 2.24) is 10.3 Å². The van der Waals surface area contributed by atoms with E-state index in [4.69, 9.17) is 0 Å². The fourth-order valence-corrected chi connectivity index (χ4v) is 2.65. The van der Waals surface area contributed by atoms with E-state index in [1.807, 2.05) is 24.4 Å². The normalized spacial score (nSPS) is 24.8. The molecule has 1 saturated carbocycles. The summed E-state index contributed by atoms with van der Waals surface area (Å²) in [5.74, 6) is 1.00. The van der Waals surface area contributed by atoms with Crippen molar-refractivity contribution in [2.24, 2.45) is 0 Å². The molecule has 1 aromatic rings. The molecule has 1 aliphatic rings. The van der Waals surface area contributed by atoms with Gasteiger partial charge in [0, 0.05) is 23.8 Å². The van der Waals surface area contributed by atoms with Crippen LogP contribution in [0.2, 0.25) is 0 Å². The molecule has 3 nitrogen and oxygen atoms in total. The van der Waals surface area contributed by atoms with Crippen LogP contribution in [0.5, 0.6) is 0 Å². The Morgan fingerprint density at radius 1 is 1.06 bits per heavy atom. The van der Waals surface area contributed by atoms with E-state index in [0.717, 1.165) is 5.82 Å². The van der Waals surface area contributed by atoms with E-state index in [-0.39, 0.29) is 5.54 Å². The standard InChI is InChI=1S/C15H25N3/c1-15(2,3)18-13-9-7-12(8-10-13)17-14-6-4-5-11-16-14/h4-6,11-13,18H,7-10H2,1-3H3,(H,16,17)/t12-,13+. The van der Waals surface area contributed by atoms with Gasteiger partial charge >= 0.3 is 0 Å². The second-order valence-electron chi connectivity index (χ2n) is 6.30. The Kier molecular flexibility index (Phi) is 4.23. The molecule has 1 aliphatic carbocycles. The van der Waals surface area contributed by atoms with E-state index in [0.29, 0.717) is 12.1 Å². The smallest absolute Gasteiger partial charge is 0.126 e. The average Bonchev–Trinajstić information content (AvgIpc) is 2.31. The summed E-state index contributed by atoms with van der Waals surface area (Å²) in [5.41, 5.74) is 0.228. The highest BCUT2D eigenvalue weighted by molar-refractivity contribution is 5.34. The van der Waals surface area contributed by atoms with Crippen molar-refractivity contribution in [2.45, 2.75) is 64.1 Å². The number of pyridine rings is 1.